The first-order chi connectivity index (χ1) is 21.0. The molecule has 0 bridgehead atoms. The van der Waals surface area contributed by atoms with Gasteiger partial charge in [-0.15, -0.1) is 0 Å². The summed E-state index contributed by atoms with van der Waals surface area (Å²) in [5.74, 6) is -3.22. The van der Waals surface area contributed by atoms with E-state index in [-0.39, 0.29) is 36.8 Å². The molecule has 4 aromatic rings. The van der Waals surface area contributed by atoms with Crippen LogP contribution in [0, 0.1) is 17.0 Å². The maximum absolute atomic E-state index is 15.5. The number of likely N-dealkylation sites (tertiary alicyclic amines) is 1. The number of halogens is 2. The molecule has 230 valence electrons. The number of carboxylic acids is 1. The first-order valence-corrected chi connectivity index (χ1v) is 15.2. The highest BCUT2D eigenvalue weighted by Gasteiger charge is 2.49. The van der Waals surface area contributed by atoms with E-state index < -0.39 is 34.4 Å². The van der Waals surface area contributed by atoms with Gasteiger partial charge >= 0.3 is 5.97 Å². The largest absolute Gasteiger partial charge is 0.481 e. The number of ketones is 1. The molecule has 2 N–H and O–H groups in total. The first-order valence-electron chi connectivity index (χ1n) is 15.2. The number of benzene rings is 4. The Balaban J connectivity index is 1.49. The number of aliphatic carboxylic acids is 1. The van der Waals surface area contributed by atoms with Crippen molar-refractivity contribution < 1.29 is 23.5 Å². The van der Waals surface area contributed by atoms with Crippen LogP contribution < -0.4 is 5.32 Å². The van der Waals surface area contributed by atoms with Crippen LogP contribution in [0.3, 0.4) is 0 Å². The van der Waals surface area contributed by atoms with Crippen LogP contribution in [0.15, 0.2) is 91.0 Å². The smallest absolute Gasteiger partial charge is 0.309 e. The van der Waals surface area contributed by atoms with Gasteiger partial charge in [-0.25, -0.2) is 8.78 Å². The average Bonchev–Trinajstić information content (AvgIpc) is 3.39. The highest BCUT2D eigenvalue weighted by atomic mass is 19.2. The Morgan fingerprint density at radius 3 is 2.41 bits per heavy atom. The zero-order valence-electron chi connectivity index (χ0n) is 25.5. The van der Waals surface area contributed by atoms with Crippen molar-refractivity contribution in [1.82, 2.24) is 10.2 Å². The highest BCUT2D eigenvalue weighted by molar-refractivity contribution is 5.86. The third kappa shape index (κ3) is 6.44. The van der Waals surface area contributed by atoms with Crippen LogP contribution in [-0.2, 0) is 15.0 Å². The molecule has 0 saturated carbocycles. The Morgan fingerprint density at radius 1 is 0.977 bits per heavy atom. The summed E-state index contributed by atoms with van der Waals surface area (Å²) in [4.78, 5) is 26.8. The van der Waals surface area contributed by atoms with Gasteiger partial charge < -0.3 is 10.4 Å². The van der Waals surface area contributed by atoms with E-state index in [1.807, 2.05) is 53.4 Å². The van der Waals surface area contributed by atoms with E-state index in [0.717, 1.165) is 28.0 Å². The van der Waals surface area contributed by atoms with E-state index in [0.29, 0.717) is 19.6 Å². The lowest BCUT2D eigenvalue weighted by atomic mass is 9.69. The summed E-state index contributed by atoms with van der Waals surface area (Å²) in [6.07, 6.45) is 0.356. The molecule has 0 aromatic heterocycles. The number of hydrogen-bond donors (Lipinski definition) is 2. The SMILES string of the molecule is C[C@@H](NC[C@]1(c2ccccc2)CN(CC(=O)CCC(C)(C)C(=O)O)C[C@@H]1c1cccc(F)c1F)c1cccc2ccccc12. The van der Waals surface area contributed by atoms with E-state index in [1.165, 1.54) is 6.07 Å². The highest BCUT2D eigenvalue weighted by Crippen LogP contribution is 2.46. The molecule has 44 heavy (non-hydrogen) atoms. The fourth-order valence-electron chi connectivity index (χ4n) is 6.62. The zero-order valence-corrected chi connectivity index (χ0v) is 25.5. The zero-order chi connectivity index (χ0) is 31.5. The maximum atomic E-state index is 15.5. The van der Waals surface area contributed by atoms with Crippen molar-refractivity contribution in [3.63, 3.8) is 0 Å². The van der Waals surface area contributed by atoms with Crippen molar-refractivity contribution in [3.05, 3.63) is 119 Å². The van der Waals surface area contributed by atoms with E-state index in [4.69, 9.17) is 0 Å². The summed E-state index contributed by atoms with van der Waals surface area (Å²) in [7, 11) is 0. The fourth-order valence-corrected chi connectivity index (χ4v) is 6.62. The molecule has 0 aliphatic carbocycles. The molecule has 0 unspecified atom stereocenters. The standard InChI is InChI=1S/C37H40F2N2O3/c1-25(29-16-9-12-26-11-7-8-15-30(26)29)40-23-37(27-13-5-4-6-14-27)24-41(21-28(42)19-20-36(2,3)35(43)44)22-32(37)31-17-10-18-33(38)34(31)39/h4-18,25,32,40H,19-24H2,1-3H3,(H,43,44)/t25-,32-,37-/m1/s1. The Labute approximate surface area is 257 Å². The number of nitrogens with one attached hydrogen (secondary N) is 1. The second-order valence-corrected chi connectivity index (χ2v) is 12.8. The molecule has 0 spiro atoms. The van der Waals surface area contributed by atoms with Gasteiger partial charge in [0.25, 0.3) is 0 Å². The van der Waals surface area contributed by atoms with Gasteiger partial charge in [0.1, 0.15) is 5.78 Å². The summed E-state index contributed by atoms with van der Waals surface area (Å²) in [6, 6.07) is 28.6. The molecule has 0 amide bonds. The number of Topliss-reactive ketones (excluding diaryl/α,β-unsaturated/α-hetero) is 1. The van der Waals surface area contributed by atoms with Gasteiger partial charge in [-0.2, -0.15) is 0 Å². The maximum Gasteiger partial charge on any atom is 0.309 e. The number of rotatable bonds is 12. The molecule has 1 aliphatic rings. The first kappa shape index (κ1) is 31.5. The number of carbonyl (C=O) groups is 2. The number of carboxylic acid groups (broad SMARTS) is 1. The van der Waals surface area contributed by atoms with Crippen molar-refractivity contribution in [2.75, 3.05) is 26.2 Å². The van der Waals surface area contributed by atoms with E-state index >= 15 is 4.39 Å². The molecule has 1 aliphatic heterocycles. The lowest BCUT2D eigenvalue weighted by molar-refractivity contribution is -0.147. The monoisotopic (exact) mass is 598 g/mol. The normalized spacial score (nSPS) is 19.7. The molecular weight excluding hydrogens is 558 g/mol. The third-order valence-corrected chi connectivity index (χ3v) is 9.34. The molecule has 5 nitrogen and oxygen atoms in total. The van der Waals surface area contributed by atoms with Gasteiger partial charge in [0.05, 0.1) is 12.0 Å². The molecule has 5 rings (SSSR count). The summed E-state index contributed by atoms with van der Waals surface area (Å²) in [5.41, 5.74) is 0.716. The molecule has 1 fully saturated rings. The van der Waals surface area contributed by atoms with Crippen molar-refractivity contribution in [2.45, 2.75) is 51.0 Å². The molecule has 0 radical (unpaired) electrons. The Bertz CT molecular complexity index is 1640. The number of nitrogens with zero attached hydrogens (tertiary/aromatic N) is 1. The molecule has 1 saturated heterocycles. The quantitative estimate of drug-likeness (QED) is 0.180. The molecule has 4 aromatic carbocycles. The Morgan fingerprint density at radius 2 is 1.66 bits per heavy atom. The van der Waals surface area contributed by atoms with Crippen molar-refractivity contribution in [3.8, 4) is 0 Å². The topological polar surface area (TPSA) is 69.6 Å². The van der Waals surface area contributed by atoms with Crippen LogP contribution in [0.5, 0.6) is 0 Å². The number of carbonyl (C=O) groups excluding carboxylic acids is 1. The van der Waals surface area contributed by atoms with Gasteiger partial charge in [0.15, 0.2) is 11.6 Å². The summed E-state index contributed by atoms with van der Waals surface area (Å²) >= 11 is 0. The van der Waals surface area contributed by atoms with E-state index in [9.17, 15) is 19.1 Å². The lowest BCUT2D eigenvalue weighted by Gasteiger charge is -2.37. The van der Waals surface area contributed by atoms with Crippen LogP contribution in [0.2, 0.25) is 0 Å². The van der Waals surface area contributed by atoms with Crippen molar-refractivity contribution in [1.29, 1.82) is 0 Å². The van der Waals surface area contributed by atoms with Crippen LogP contribution in [0.1, 0.15) is 62.3 Å². The number of fused-ring (bicyclic) bond motifs is 1. The lowest BCUT2D eigenvalue weighted by Crippen LogP contribution is -2.45. The van der Waals surface area contributed by atoms with Crippen LogP contribution >= 0.6 is 0 Å². The molecule has 7 heteroatoms. The van der Waals surface area contributed by atoms with E-state index in [1.54, 1.807) is 19.9 Å². The van der Waals surface area contributed by atoms with Gasteiger partial charge in [-0.1, -0.05) is 84.9 Å². The van der Waals surface area contributed by atoms with Gasteiger partial charge in [0.2, 0.25) is 0 Å². The van der Waals surface area contributed by atoms with Gasteiger partial charge in [-0.05, 0) is 60.7 Å². The third-order valence-electron chi connectivity index (χ3n) is 9.34. The summed E-state index contributed by atoms with van der Waals surface area (Å²) in [5, 5.41) is 15.5. The van der Waals surface area contributed by atoms with Crippen LogP contribution in [-0.4, -0.2) is 47.9 Å². The predicted octanol–water partition coefficient (Wildman–Crippen LogP) is 7.27. The minimum Gasteiger partial charge on any atom is -0.481 e. The van der Waals surface area contributed by atoms with Crippen molar-refractivity contribution in [2.24, 2.45) is 5.41 Å². The second-order valence-electron chi connectivity index (χ2n) is 12.8. The second kappa shape index (κ2) is 13.0. The molecule has 3 atom stereocenters. The Hall–Kier alpha value is -3.94. The average molecular weight is 599 g/mol. The van der Waals surface area contributed by atoms with Crippen LogP contribution in [0.4, 0.5) is 8.78 Å². The van der Waals surface area contributed by atoms with Crippen LogP contribution in [0.25, 0.3) is 10.8 Å². The fraction of sp³-hybridized carbons (Fsp3) is 0.351. The minimum atomic E-state index is -1.01. The summed E-state index contributed by atoms with van der Waals surface area (Å²) in [6.45, 7) is 6.71. The van der Waals surface area contributed by atoms with Gasteiger partial charge in [0, 0.05) is 43.4 Å². The minimum absolute atomic E-state index is 0.0476. The summed E-state index contributed by atoms with van der Waals surface area (Å²) < 4.78 is 30.2. The van der Waals surface area contributed by atoms with E-state index in [2.05, 4.69) is 36.5 Å². The molecule has 1 heterocycles. The van der Waals surface area contributed by atoms with Crippen molar-refractivity contribution >= 4 is 22.5 Å². The van der Waals surface area contributed by atoms with Gasteiger partial charge in [-0.3, -0.25) is 14.5 Å². The molecular formula is C37H40F2N2O3. The number of hydrogen-bond acceptors (Lipinski definition) is 4. The Kier molecular flexibility index (Phi) is 9.28. The predicted molar refractivity (Wildman–Crippen MR) is 170 cm³/mol.